The Balaban J connectivity index is 1.38. The average Bonchev–Trinajstić information content (AvgIpc) is 3.75. The molecule has 0 saturated carbocycles. The minimum absolute atomic E-state index is 1.17. The van der Waals surface area contributed by atoms with Crippen LogP contribution in [0.3, 0.4) is 0 Å². The molecule has 0 N–H and O–H groups in total. The Morgan fingerprint density at radius 3 is 1.51 bits per heavy atom. The summed E-state index contributed by atoms with van der Waals surface area (Å²) >= 11 is 3.78. The topological polar surface area (TPSA) is 3.24 Å². The monoisotopic (exact) mass is 659 g/mol. The van der Waals surface area contributed by atoms with Gasteiger partial charge in [0.25, 0.3) is 0 Å². The van der Waals surface area contributed by atoms with Crippen molar-refractivity contribution in [2.75, 3.05) is 4.90 Å². The molecule has 0 amide bonds. The van der Waals surface area contributed by atoms with Gasteiger partial charge in [-0.15, -0.1) is 22.7 Å². The molecule has 49 heavy (non-hydrogen) atoms. The van der Waals surface area contributed by atoms with Crippen LogP contribution in [0.2, 0.25) is 0 Å². The van der Waals surface area contributed by atoms with Crippen molar-refractivity contribution in [2.24, 2.45) is 0 Å². The SMILES string of the molecule is c1ccc(-c2ccc3c(sc4ccccc43)c2N(c2ccc(-c3ccccc3)c3ccccc23)c2cccc3c2sc2ccccc23)cc1. The lowest BCUT2D eigenvalue weighted by atomic mass is 9.95. The van der Waals surface area contributed by atoms with Crippen LogP contribution in [0.15, 0.2) is 176 Å². The van der Waals surface area contributed by atoms with E-state index in [0.29, 0.717) is 0 Å². The molecule has 230 valence electrons. The summed E-state index contributed by atoms with van der Waals surface area (Å²) in [5.41, 5.74) is 8.46. The van der Waals surface area contributed by atoms with Crippen molar-refractivity contribution in [2.45, 2.75) is 0 Å². The van der Waals surface area contributed by atoms with Crippen LogP contribution in [0.1, 0.15) is 0 Å². The Bertz CT molecular complexity index is 2830. The van der Waals surface area contributed by atoms with Gasteiger partial charge in [0.05, 0.1) is 26.5 Å². The zero-order valence-electron chi connectivity index (χ0n) is 26.5. The molecule has 0 fully saturated rings. The van der Waals surface area contributed by atoms with Crippen LogP contribution in [0, 0.1) is 0 Å². The van der Waals surface area contributed by atoms with Gasteiger partial charge in [0.2, 0.25) is 0 Å². The smallest absolute Gasteiger partial charge is 0.0719 e. The van der Waals surface area contributed by atoms with Crippen molar-refractivity contribution in [1.29, 1.82) is 0 Å². The normalized spacial score (nSPS) is 11.7. The first kappa shape index (κ1) is 28.3. The molecule has 0 bridgehead atoms. The molecule has 0 aliphatic rings. The van der Waals surface area contributed by atoms with Gasteiger partial charge in [-0.25, -0.2) is 0 Å². The van der Waals surface area contributed by atoms with Crippen LogP contribution in [-0.2, 0) is 0 Å². The number of hydrogen-bond donors (Lipinski definition) is 0. The van der Waals surface area contributed by atoms with Gasteiger partial charge in [-0.05, 0) is 46.3 Å². The number of fused-ring (bicyclic) bond motifs is 7. The zero-order valence-corrected chi connectivity index (χ0v) is 28.1. The minimum atomic E-state index is 1.17. The van der Waals surface area contributed by atoms with Gasteiger partial charge in [-0.2, -0.15) is 0 Å². The highest BCUT2D eigenvalue weighted by atomic mass is 32.1. The van der Waals surface area contributed by atoms with Crippen LogP contribution in [0.5, 0.6) is 0 Å². The van der Waals surface area contributed by atoms with Gasteiger partial charge < -0.3 is 4.90 Å². The predicted molar refractivity (Wildman–Crippen MR) is 215 cm³/mol. The summed E-state index contributed by atoms with van der Waals surface area (Å²) in [5.74, 6) is 0. The largest absolute Gasteiger partial charge is 0.306 e. The average molecular weight is 660 g/mol. The number of thiophene rings is 2. The highest BCUT2D eigenvalue weighted by molar-refractivity contribution is 7.27. The van der Waals surface area contributed by atoms with Crippen LogP contribution in [0.4, 0.5) is 17.1 Å². The maximum absolute atomic E-state index is 2.58. The van der Waals surface area contributed by atoms with E-state index in [2.05, 4.69) is 181 Å². The standard InChI is InChI=1S/C46H29NS2/c1-3-14-30(15-4-1)32-28-29-40(35-19-8-7-18-34(32)35)47(41-23-13-22-38-36-20-9-11-24-42(36)48-45(38)41)44-33(31-16-5-2-6-17-31)26-27-39-37-21-10-12-25-43(37)49-46(39)44/h1-29H. The summed E-state index contributed by atoms with van der Waals surface area (Å²) in [5, 5.41) is 7.64. The fourth-order valence-electron chi connectivity index (χ4n) is 7.47. The number of benzene rings is 8. The molecule has 0 aliphatic heterocycles. The van der Waals surface area contributed by atoms with Crippen molar-refractivity contribution in [3.63, 3.8) is 0 Å². The van der Waals surface area contributed by atoms with Gasteiger partial charge in [-0.1, -0.05) is 152 Å². The van der Waals surface area contributed by atoms with E-state index < -0.39 is 0 Å². The lowest BCUT2D eigenvalue weighted by Crippen LogP contribution is -2.12. The van der Waals surface area contributed by atoms with Crippen LogP contribution in [-0.4, -0.2) is 0 Å². The fraction of sp³-hybridized carbons (Fsp3) is 0. The zero-order chi connectivity index (χ0) is 32.3. The number of rotatable bonds is 5. The van der Waals surface area contributed by atoms with Crippen LogP contribution in [0.25, 0.3) is 73.4 Å². The quantitative estimate of drug-likeness (QED) is 0.178. The first-order valence-electron chi connectivity index (χ1n) is 16.6. The third kappa shape index (κ3) is 4.51. The molecule has 1 nitrogen and oxygen atoms in total. The molecule has 10 rings (SSSR count). The molecule has 0 radical (unpaired) electrons. The highest BCUT2D eigenvalue weighted by Gasteiger charge is 2.26. The first-order valence-corrected chi connectivity index (χ1v) is 18.2. The molecule has 2 heterocycles. The molecule has 0 saturated heterocycles. The van der Waals surface area contributed by atoms with Gasteiger partial charge >= 0.3 is 0 Å². The molecule has 0 atom stereocenters. The highest BCUT2D eigenvalue weighted by Crippen LogP contribution is 2.53. The van der Waals surface area contributed by atoms with E-state index in [4.69, 9.17) is 0 Å². The fourth-order valence-corrected chi connectivity index (χ4v) is 9.92. The Labute approximate surface area is 292 Å². The molecule has 0 unspecified atom stereocenters. The van der Waals surface area contributed by atoms with Crippen molar-refractivity contribution < 1.29 is 0 Å². The molecular formula is C46H29NS2. The third-order valence-electron chi connectivity index (χ3n) is 9.68. The van der Waals surface area contributed by atoms with Crippen LogP contribution >= 0.6 is 22.7 Å². The summed E-state index contributed by atoms with van der Waals surface area (Å²) in [6.45, 7) is 0. The van der Waals surface area contributed by atoms with E-state index >= 15 is 0 Å². The Morgan fingerprint density at radius 2 is 0.816 bits per heavy atom. The Kier molecular flexibility index (Phi) is 6.61. The second kappa shape index (κ2) is 11.5. The first-order chi connectivity index (χ1) is 24.3. The van der Waals surface area contributed by atoms with Gasteiger partial charge in [0.1, 0.15) is 0 Å². The second-order valence-electron chi connectivity index (χ2n) is 12.4. The molecule has 2 aromatic heterocycles. The van der Waals surface area contributed by atoms with Crippen molar-refractivity contribution in [3.8, 4) is 22.3 Å². The van der Waals surface area contributed by atoms with Gasteiger partial charge in [-0.3, -0.25) is 0 Å². The predicted octanol–water partition coefficient (Wildman–Crippen LogP) is 14.4. The van der Waals surface area contributed by atoms with Gasteiger partial charge in [0, 0.05) is 41.9 Å². The second-order valence-corrected chi connectivity index (χ2v) is 14.5. The summed E-state index contributed by atoms with van der Waals surface area (Å²) in [6, 6.07) is 64.4. The minimum Gasteiger partial charge on any atom is -0.306 e. The lowest BCUT2D eigenvalue weighted by molar-refractivity contribution is 1.34. The maximum atomic E-state index is 2.58. The van der Waals surface area contributed by atoms with Crippen molar-refractivity contribution >= 4 is 90.9 Å². The van der Waals surface area contributed by atoms with E-state index in [1.807, 2.05) is 22.7 Å². The molecule has 10 aromatic rings. The Morgan fingerprint density at radius 1 is 0.306 bits per heavy atom. The molecule has 8 aromatic carbocycles. The third-order valence-corrected chi connectivity index (χ3v) is 12.1. The molecule has 0 aliphatic carbocycles. The number of anilines is 3. The molecule has 0 spiro atoms. The number of hydrogen-bond acceptors (Lipinski definition) is 3. The van der Waals surface area contributed by atoms with E-state index in [1.165, 1.54) is 90.4 Å². The summed E-state index contributed by atoms with van der Waals surface area (Å²) in [4.78, 5) is 2.58. The van der Waals surface area contributed by atoms with Crippen molar-refractivity contribution in [3.05, 3.63) is 176 Å². The van der Waals surface area contributed by atoms with E-state index in [9.17, 15) is 0 Å². The van der Waals surface area contributed by atoms with E-state index in [-0.39, 0.29) is 0 Å². The summed E-state index contributed by atoms with van der Waals surface area (Å²) in [6.07, 6.45) is 0. The molecular weight excluding hydrogens is 631 g/mol. The lowest BCUT2D eigenvalue weighted by Gasteiger charge is -2.30. The van der Waals surface area contributed by atoms with E-state index in [1.54, 1.807) is 0 Å². The Hall–Kier alpha value is -5.74. The molecule has 3 heteroatoms. The summed E-state index contributed by atoms with van der Waals surface area (Å²) < 4.78 is 5.18. The number of nitrogens with zero attached hydrogens (tertiary/aromatic N) is 1. The van der Waals surface area contributed by atoms with Crippen molar-refractivity contribution in [1.82, 2.24) is 0 Å². The maximum Gasteiger partial charge on any atom is 0.0719 e. The van der Waals surface area contributed by atoms with E-state index in [0.717, 1.165) is 0 Å². The summed E-state index contributed by atoms with van der Waals surface area (Å²) in [7, 11) is 0. The van der Waals surface area contributed by atoms with Crippen LogP contribution < -0.4 is 4.90 Å². The van der Waals surface area contributed by atoms with Gasteiger partial charge in [0.15, 0.2) is 0 Å².